The fourth-order valence-electron chi connectivity index (χ4n) is 21.5. The number of furan rings is 1. The van der Waals surface area contributed by atoms with E-state index in [1.54, 1.807) is 0 Å². The molecule has 26 rings (SSSR count). The van der Waals surface area contributed by atoms with Crippen LogP contribution < -0.4 is 9.80 Å². The number of hydrogen-bond acceptors (Lipinski definition) is 4. The molecule has 2 aliphatic rings. The van der Waals surface area contributed by atoms with Crippen LogP contribution in [0.25, 0.3) is 185 Å². The van der Waals surface area contributed by atoms with Gasteiger partial charge in [-0.05, 0) is 222 Å². The highest BCUT2D eigenvalue weighted by Gasteiger charge is 2.38. The van der Waals surface area contributed by atoms with Crippen molar-refractivity contribution in [3.8, 4) is 78.1 Å². The lowest BCUT2D eigenvalue weighted by Crippen LogP contribution is -2.16. The zero-order valence-corrected chi connectivity index (χ0v) is 72.0. The van der Waals surface area contributed by atoms with Gasteiger partial charge in [-0.15, -0.1) is 11.3 Å². The molecule has 0 unspecified atom stereocenters. The molecule has 0 aliphatic heterocycles. The SMILES string of the molecule is CC1(C)c2ccccc2-c2ccc(N(c3ccc(-c4ccc5c(c4)c4ccccc4n5-c4ccccc4)cc3)c3ccc(-c4cccc5c4oc4ccccc45)c4ccccc34)cc21.CC1(C)c2ccccc2-c2ccc(N(c3ccc(-c4ccc5c(c4)c4ccccc4n5-c4ccccc4)cc3)c3ccc(-c4cccc5c4sc4ccccc45)c4ccccc34)cc21. The molecule has 0 bridgehead atoms. The Morgan fingerprint density at radius 3 is 1.12 bits per heavy atom. The van der Waals surface area contributed by atoms with Gasteiger partial charge in [0.15, 0.2) is 0 Å². The van der Waals surface area contributed by atoms with Crippen LogP contribution in [0.2, 0.25) is 0 Å². The number of aromatic nitrogens is 2. The fourth-order valence-corrected chi connectivity index (χ4v) is 22.7. The Bertz CT molecular complexity index is 8130. The van der Waals surface area contributed by atoms with Crippen molar-refractivity contribution in [2.45, 2.75) is 38.5 Å². The average Bonchev–Trinajstić information content (AvgIpc) is 1.60. The number of para-hydroxylation sites is 6. The van der Waals surface area contributed by atoms with Crippen molar-refractivity contribution >= 4 is 153 Å². The Morgan fingerprint density at radius 1 is 0.227 bits per heavy atom. The summed E-state index contributed by atoms with van der Waals surface area (Å²) < 4.78 is 14.0. The van der Waals surface area contributed by atoms with Gasteiger partial charge in [-0.1, -0.05) is 331 Å². The Labute approximate surface area is 746 Å². The molecule has 0 saturated carbocycles. The molecule has 0 atom stereocenters. The molecule has 4 aromatic heterocycles. The molecule has 604 valence electrons. The van der Waals surface area contributed by atoms with E-state index in [1.807, 2.05) is 17.4 Å². The highest BCUT2D eigenvalue weighted by atomic mass is 32.1. The van der Waals surface area contributed by atoms with Gasteiger partial charge in [0.05, 0.1) is 33.4 Å². The molecular formula is C122H84N4OS. The number of nitrogens with zero attached hydrogens (tertiary/aromatic N) is 4. The van der Waals surface area contributed by atoms with E-state index in [9.17, 15) is 0 Å². The van der Waals surface area contributed by atoms with Crippen LogP contribution in [-0.4, -0.2) is 9.13 Å². The third-order valence-electron chi connectivity index (χ3n) is 27.6. The van der Waals surface area contributed by atoms with E-state index in [0.717, 1.165) is 72.9 Å². The number of thiophene rings is 1. The summed E-state index contributed by atoms with van der Waals surface area (Å²) >= 11 is 1.89. The predicted molar refractivity (Wildman–Crippen MR) is 543 cm³/mol. The largest absolute Gasteiger partial charge is 0.455 e. The minimum Gasteiger partial charge on any atom is -0.455 e. The molecule has 0 saturated heterocycles. The van der Waals surface area contributed by atoms with E-state index >= 15 is 0 Å². The predicted octanol–water partition coefficient (Wildman–Crippen LogP) is 34.4. The minimum atomic E-state index is -0.142. The van der Waals surface area contributed by atoms with Crippen molar-refractivity contribution in [1.82, 2.24) is 9.13 Å². The Morgan fingerprint density at radius 2 is 0.594 bits per heavy atom. The number of anilines is 6. The third-order valence-corrected chi connectivity index (χ3v) is 28.8. The zero-order valence-electron chi connectivity index (χ0n) is 71.2. The van der Waals surface area contributed by atoms with Crippen LogP contribution in [0.4, 0.5) is 34.1 Å². The quantitative estimate of drug-likeness (QED) is 0.122. The zero-order chi connectivity index (χ0) is 85.0. The monoisotopic (exact) mass is 1650 g/mol. The van der Waals surface area contributed by atoms with Gasteiger partial charge in [-0.2, -0.15) is 0 Å². The summed E-state index contributed by atoms with van der Waals surface area (Å²) in [5, 5.41) is 14.7. The molecule has 24 aromatic rings. The van der Waals surface area contributed by atoms with Crippen LogP contribution in [-0.2, 0) is 10.8 Å². The summed E-state index contributed by atoms with van der Waals surface area (Å²) in [6.07, 6.45) is 0. The molecule has 20 aromatic carbocycles. The van der Waals surface area contributed by atoms with Gasteiger partial charge in [-0.3, -0.25) is 0 Å². The molecule has 128 heavy (non-hydrogen) atoms. The molecule has 0 fully saturated rings. The summed E-state index contributed by atoms with van der Waals surface area (Å²) in [6.45, 7) is 9.45. The lowest BCUT2D eigenvalue weighted by molar-refractivity contribution is 0.660. The van der Waals surface area contributed by atoms with Crippen molar-refractivity contribution in [1.29, 1.82) is 0 Å². The molecular weight excluding hydrogens is 1570 g/mol. The minimum absolute atomic E-state index is 0.130. The van der Waals surface area contributed by atoms with Crippen molar-refractivity contribution in [3.05, 3.63) is 459 Å². The summed E-state index contributed by atoms with van der Waals surface area (Å²) in [7, 11) is 0. The lowest BCUT2D eigenvalue weighted by Gasteiger charge is -2.29. The maximum absolute atomic E-state index is 6.59. The van der Waals surface area contributed by atoms with Crippen LogP contribution >= 0.6 is 11.3 Å². The van der Waals surface area contributed by atoms with Crippen molar-refractivity contribution in [3.63, 3.8) is 0 Å². The van der Waals surface area contributed by atoms with Gasteiger partial charge in [0.25, 0.3) is 0 Å². The molecule has 0 amide bonds. The summed E-state index contributed by atoms with van der Waals surface area (Å²) in [4.78, 5) is 4.93. The van der Waals surface area contributed by atoms with Gasteiger partial charge in [0.1, 0.15) is 11.2 Å². The Hall–Kier alpha value is -15.9. The first-order valence-electron chi connectivity index (χ1n) is 44.3. The third kappa shape index (κ3) is 11.8. The average molecular weight is 1650 g/mol. The first-order valence-corrected chi connectivity index (χ1v) is 45.2. The maximum atomic E-state index is 6.59. The van der Waals surface area contributed by atoms with Gasteiger partial charge >= 0.3 is 0 Å². The molecule has 4 heterocycles. The standard InChI is InChI=1S/C61H42N2O.C61H42N2S/c2*1-61(2)54-24-11-8-18-46(54)47-33-32-43(38-55(47)61)62(57-36-34-45(44-17-6-7-19-48(44)57)51-22-14-23-52-50-21-10-13-26-59(50)64-60(51)52)42-30-27-39(28-31-42)40-29-35-58-53(37-40)49-20-9-12-25-56(49)63(58)41-15-4-3-5-16-41/h2*3-38H,1-2H3. The maximum Gasteiger partial charge on any atom is 0.143 e. The second-order valence-corrected chi connectivity index (χ2v) is 36.4. The van der Waals surface area contributed by atoms with Crippen molar-refractivity contribution in [2.75, 3.05) is 9.80 Å². The second kappa shape index (κ2) is 29.4. The van der Waals surface area contributed by atoms with Crippen LogP contribution in [0, 0.1) is 0 Å². The molecule has 2 aliphatic carbocycles. The normalized spacial score (nSPS) is 13.0. The van der Waals surface area contributed by atoms with Crippen molar-refractivity contribution < 1.29 is 4.42 Å². The van der Waals surface area contributed by atoms with Crippen LogP contribution in [0.15, 0.2) is 441 Å². The topological polar surface area (TPSA) is 29.5 Å². The number of fused-ring (bicyclic) bond motifs is 20. The van der Waals surface area contributed by atoms with Gasteiger partial charge in [0, 0.05) is 119 Å². The van der Waals surface area contributed by atoms with E-state index in [1.165, 1.54) is 169 Å². The van der Waals surface area contributed by atoms with Crippen LogP contribution in [0.3, 0.4) is 0 Å². The highest BCUT2D eigenvalue weighted by molar-refractivity contribution is 7.26. The van der Waals surface area contributed by atoms with E-state index < -0.39 is 0 Å². The van der Waals surface area contributed by atoms with Crippen LogP contribution in [0.5, 0.6) is 0 Å². The first-order chi connectivity index (χ1) is 63.0. The summed E-state index contributed by atoms with van der Waals surface area (Å²) in [6, 6.07) is 160. The molecule has 0 spiro atoms. The van der Waals surface area contributed by atoms with E-state index in [0.29, 0.717) is 0 Å². The van der Waals surface area contributed by atoms with Gasteiger partial charge in [0.2, 0.25) is 0 Å². The second-order valence-electron chi connectivity index (χ2n) is 35.3. The van der Waals surface area contributed by atoms with E-state index in [2.05, 4.69) is 477 Å². The smallest absolute Gasteiger partial charge is 0.143 e. The molecule has 0 N–H and O–H groups in total. The molecule has 5 nitrogen and oxygen atoms in total. The Kier molecular flexibility index (Phi) is 17.2. The lowest BCUT2D eigenvalue weighted by atomic mass is 9.82. The summed E-state index contributed by atoms with van der Waals surface area (Å²) in [5.41, 5.74) is 35.7. The molecule has 0 radical (unpaired) electrons. The number of benzene rings is 20. The van der Waals surface area contributed by atoms with Crippen LogP contribution in [0.1, 0.15) is 49.9 Å². The summed E-state index contributed by atoms with van der Waals surface area (Å²) in [5.74, 6) is 0. The van der Waals surface area contributed by atoms with E-state index in [-0.39, 0.29) is 10.8 Å². The number of rotatable bonds is 12. The van der Waals surface area contributed by atoms with Crippen molar-refractivity contribution in [2.24, 2.45) is 0 Å². The first kappa shape index (κ1) is 74.7. The van der Waals surface area contributed by atoms with E-state index in [4.69, 9.17) is 4.42 Å². The number of hydrogen-bond donors (Lipinski definition) is 0. The highest BCUT2D eigenvalue weighted by Crippen LogP contribution is 2.56. The van der Waals surface area contributed by atoms with Gasteiger partial charge in [-0.25, -0.2) is 0 Å². The van der Waals surface area contributed by atoms with Gasteiger partial charge < -0.3 is 23.4 Å². The fraction of sp³-hybridized carbons (Fsp3) is 0.0492. The molecule has 6 heteroatoms. The Balaban J connectivity index is 0.000000139.